The predicted octanol–water partition coefficient (Wildman–Crippen LogP) is 1.90. The zero-order valence-electron chi connectivity index (χ0n) is 7.80. The number of hydrogen-bond donors (Lipinski definition) is 0. The van der Waals surface area contributed by atoms with E-state index in [0.717, 1.165) is 32.5 Å². The molecule has 0 N–H and O–H groups in total. The summed E-state index contributed by atoms with van der Waals surface area (Å²) in [5.74, 6) is 0.478. The zero-order valence-corrected chi connectivity index (χ0v) is 9.31. The molecule has 0 aromatic rings. The first kappa shape index (κ1) is 10.0. The van der Waals surface area contributed by atoms with Crippen molar-refractivity contribution in [1.29, 1.82) is 0 Å². The number of ether oxygens (including phenoxy) is 1. The van der Waals surface area contributed by atoms with E-state index in [9.17, 15) is 0 Å². The van der Waals surface area contributed by atoms with Crippen molar-refractivity contribution >= 4 is 23.2 Å². The normalized spacial score (nSPS) is 38.1. The van der Waals surface area contributed by atoms with Crippen LogP contribution in [0.4, 0.5) is 0 Å². The molecule has 2 rings (SSSR count). The lowest BCUT2D eigenvalue weighted by molar-refractivity contribution is 0.107. The van der Waals surface area contributed by atoms with Crippen molar-refractivity contribution in [2.75, 3.05) is 26.7 Å². The number of likely N-dealkylation sites (tertiary alicyclic amines) is 1. The summed E-state index contributed by atoms with van der Waals surface area (Å²) in [7, 11) is 1.78. The van der Waals surface area contributed by atoms with Crippen molar-refractivity contribution in [3.05, 3.63) is 0 Å². The first-order valence-electron chi connectivity index (χ1n) is 4.75. The Hall–Kier alpha value is 0.500. The minimum absolute atomic E-state index is 0.416. The lowest BCUT2D eigenvalue weighted by Gasteiger charge is -2.15. The average Bonchev–Trinajstić information content (AvgIpc) is 2.48. The van der Waals surface area contributed by atoms with E-state index in [1.807, 2.05) is 0 Å². The molecule has 0 radical (unpaired) electrons. The second-order valence-corrected chi connectivity index (χ2v) is 5.61. The van der Waals surface area contributed by atoms with Crippen LogP contribution >= 0.6 is 23.2 Å². The molecule has 0 aromatic carbocycles. The molecule has 1 aliphatic carbocycles. The highest BCUT2D eigenvalue weighted by molar-refractivity contribution is 6.50. The van der Waals surface area contributed by atoms with Gasteiger partial charge in [0, 0.05) is 32.7 Å². The van der Waals surface area contributed by atoms with Crippen LogP contribution in [0.5, 0.6) is 0 Å². The summed E-state index contributed by atoms with van der Waals surface area (Å²) in [4.78, 5) is 2.39. The largest absolute Gasteiger partial charge is 0.380 e. The number of hydrogen-bond acceptors (Lipinski definition) is 2. The fourth-order valence-corrected chi connectivity index (χ4v) is 2.45. The Morgan fingerprint density at radius 2 is 2.23 bits per heavy atom. The molecule has 1 heterocycles. The molecule has 1 unspecified atom stereocenters. The Kier molecular flexibility index (Phi) is 2.76. The minimum Gasteiger partial charge on any atom is -0.380 e. The van der Waals surface area contributed by atoms with Gasteiger partial charge in [0.1, 0.15) is 4.33 Å². The molecular weight excluding hydrogens is 209 g/mol. The van der Waals surface area contributed by atoms with E-state index in [4.69, 9.17) is 27.9 Å². The lowest BCUT2D eigenvalue weighted by Crippen LogP contribution is -2.26. The molecule has 2 nitrogen and oxygen atoms in total. The molecule has 0 bridgehead atoms. The topological polar surface area (TPSA) is 12.5 Å². The van der Waals surface area contributed by atoms with Crippen LogP contribution in [-0.2, 0) is 4.74 Å². The summed E-state index contributed by atoms with van der Waals surface area (Å²) in [6, 6.07) is 0. The number of rotatable bonds is 3. The van der Waals surface area contributed by atoms with Crippen molar-refractivity contribution < 1.29 is 4.74 Å². The van der Waals surface area contributed by atoms with Crippen LogP contribution in [-0.4, -0.2) is 42.1 Å². The predicted molar refractivity (Wildman–Crippen MR) is 54.4 cm³/mol. The van der Waals surface area contributed by atoms with Gasteiger partial charge in [0.25, 0.3) is 0 Å². The summed E-state index contributed by atoms with van der Waals surface area (Å²) >= 11 is 11.9. The van der Waals surface area contributed by atoms with E-state index >= 15 is 0 Å². The van der Waals surface area contributed by atoms with Gasteiger partial charge in [-0.25, -0.2) is 0 Å². The maximum atomic E-state index is 5.96. The third kappa shape index (κ3) is 2.30. The van der Waals surface area contributed by atoms with Crippen LogP contribution in [0, 0.1) is 5.92 Å². The van der Waals surface area contributed by atoms with Crippen LogP contribution in [0.1, 0.15) is 12.8 Å². The van der Waals surface area contributed by atoms with Crippen LogP contribution in [0.15, 0.2) is 0 Å². The maximum absolute atomic E-state index is 5.96. The highest BCUT2D eigenvalue weighted by Gasteiger charge is 2.52. The van der Waals surface area contributed by atoms with Gasteiger partial charge in [-0.2, -0.15) is 0 Å². The molecule has 1 saturated heterocycles. The molecule has 1 saturated carbocycles. The van der Waals surface area contributed by atoms with E-state index in [1.165, 1.54) is 0 Å². The summed E-state index contributed by atoms with van der Waals surface area (Å²) in [5, 5.41) is 0. The highest BCUT2D eigenvalue weighted by Crippen LogP contribution is 2.53. The third-order valence-electron chi connectivity index (χ3n) is 3.00. The number of alkyl halides is 2. The highest BCUT2D eigenvalue weighted by atomic mass is 35.5. The first-order valence-corrected chi connectivity index (χ1v) is 5.50. The van der Waals surface area contributed by atoms with Gasteiger partial charge in [0.05, 0.1) is 6.10 Å². The quantitative estimate of drug-likeness (QED) is 0.679. The van der Waals surface area contributed by atoms with Gasteiger partial charge < -0.3 is 9.64 Å². The van der Waals surface area contributed by atoms with Crippen molar-refractivity contribution in [2.45, 2.75) is 23.3 Å². The zero-order chi connectivity index (χ0) is 9.47. The molecule has 13 heavy (non-hydrogen) atoms. The van der Waals surface area contributed by atoms with Crippen molar-refractivity contribution in [2.24, 2.45) is 5.92 Å². The monoisotopic (exact) mass is 223 g/mol. The summed E-state index contributed by atoms with van der Waals surface area (Å²) in [6.45, 7) is 3.20. The Morgan fingerprint density at radius 3 is 2.69 bits per heavy atom. The van der Waals surface area contributed by atoms with Crippen LogP contribution in [0.3, 0.4) is 0 Å². The Balaban J connectivity index is 1.73. The van der Waals surface area contributed by atoms with E-state index in [1.54, 1.807) is 7.11 Å². The maximum Gasteiger partial charge on any atom is 0.122 e. The molecule has 76 valence electrons. The van der Waals surface area contributed by atoms with Crippen LogP contribution in [0.25, 0.3) is 0 Å². The van der Waals surface area contributed by atoms with Gasteiger partial charge in [-0.15, -0.1) is 23.2 Å². The SMILES string of the molecule is CO[C@@H]1CCN(CC2CC2(Cl)Cl)C1. The molecule has 2 aliphatic rings. The first-order chi connectivity index (χ1) is 6.12. The number of halogens is 2. The summed E-state index contributed by atoms with van der Waals surface area (Å²) < 4.78 is 4.86. The summed E-state index contributed by atoms with van der Waals surface area (Å²) in [5.41, 5.74) is 0. The third-order valence-corrected chi connectivity index (χ3v) is 3.92. The van der Waals surface area contributed by atoms with Crippen molar-refractivity contribution in [3.8, 4) is 0 Å². The van der Waals surface area contributed by atoms with Gasteiger partial charge in [-0.3, -0.25) is 0 Å². The molecule has 2 atom stereocenters. The van der Waals surface area contributed by atoms with Gasteiger partial charge in [-0.05, 0) is 12.8 Å². The van der Waals surface area contributed by atoms with Crippen molar-refractivity contribution in [1.82, 2.24) is 4.90 Å². The smallest absolute Gasteiger partial charge is 0.122 e. The van der Waals surface area contributed by atoms with Gasteiger partial charge in [-0.1, -0.05) is 0 Å². The lowest BCUT2D eigenvalue weighted by atomic mass is 10.3. The summed E-state index contributed by atoms with van der Waals surface area (Å²) in [6.07, 6.45) is 2.50. The Morgan fingerprint density at radius 1 is 1.54 bits per heavy atom. The molecule has 2 fully saturated rings. The second-order valence-electron chi connectivity index (χ2n) is 4.07. The number of methoxy groups -OCH3 is 1. The molecule has 0 aromatic heterocycles. The van der Waals surface area contributed by atoms with E-state index in [2.05, 4.69) is 4.90 Å². The van der Waals surface area contributed by atoms with Gasteiger partial charge >= 0.3 is 0 Å². The molecule has 0 amide bonds. The van der Waals surface area contributed by atoms with E-state index in [0.29, 0.717) is 12.0 Å². The average molecular weight is 224 g/mol. The number of nitrogens with zero attached hydrogens (tertiary/aromatic N) is 1. The van der Waals surface area contributed by atoms with Gasteiger partial charge in [0.15, 0.2) is 0 Å². The Labute approximate surface area is 89.1 Å². The Bertz CT molecular complexity index is 198. The standard InChI is InChI=1S/C9H15Cl2NO/c1-13-8-2-3-12(6-8)5-7-4-9(7,10)11/h7-8H,2-6H2,1H3/t7?,8-/m1/s1. The second kappa shape index (κ2) is 3.58. The minimum atomic E-state index is -0.425. The van der Waals surface area contributed by atoms with Crippen LogP contribution in [0.2, 0.25) is 0 Å². The van der Waals surface area contributed by atoms with Crippen molar-refractivity contribution in [3.63, 3.8) is 0 Å². The van der Waals surface area contributed by atoms with Crippen LogP contribution < -0.4 is 0 Å². The van der Waals surface area contributed by atoms with Gasteiger partial charge in [0.2, 0.25) is 0 Å². The molecule has 0 spiro atoms. The molecular formula is C9H15Cl2NO. The van der Waals surface area contributed by atoms with E-state index in [-0.39, 0.29) is 0 Å². The fourth-order valence-electron chi connectivity index (χ4n) is 1.93. The van der Waals surface area contributed by atoms with E-state index < -0.39 is 4.33 Å². The molecule has 1 aliphatic heterocycles. The molecule has 4 heteroatoms. The fraction of sp³-hybridized carbons (Fsp3) is 1.00.